The predicted octanol–water partition coefficient (Wildman–Crippen LogP) is 2.73. The molecule has 0 amide bonds. The fourth-order valence-corrected chi connectivity index (χ4v) is 3.71. The highest BCUT2D eigenvalue weighted by atomic mass is 15.3. The molecule has 0 aromatic heterocycles. The Kier molecular flexibility index (Phi) is 3.91. The van der Waals surface area contributed by atoms with E-state index in [2.05, 4.69) is 37.5 Å². The second-order valence-corrected chi connectivity index (χ2v) is 6.08. The van der Waals surface area contributed by atoms with Gasteiger partial charge in [0.05, 0.1) is 0 Å². The minimum absolute atomic E-state index is 0.722. The zero-order valence-electron chi connectivity index (χ0n) is 11.4. The Labute approximate surface area is 101 Å². The monoisotopic (exact) mass is 224 g/mol. The van der Waals surface area contributed by atoms with E-state index in [0.29, 0.717) is 0 Å². The quantitative estimate of drug-likeness (QED) is 0.711. The van der Waals surface area contributed by atoms with Gasteiger partial charge in [0.2, 0.25) is 0 Å². The average Bonchev–Trinajstić information content (AvgIpc) is 2.27. The van der Waals surface area contributed by atoms with Crippen LogP contribution < -0.4 is 0 Å². The van der Waals surface area contributed by atoms with Gasteiger partial charge in [-0.2, -0.15) is 0 Å². The maximum absolute atomic E-state index is 2.75. The van der Waals surface area contributed by atoms with Gasteiger partial charge in [-0.05, 0) is 40.5 Å². The van der Waals surface area contributed by atoms with E-state index in [1.54, 1.807) is 0 Å². The Morgan fingerprint density at radius 2 is 1.12 bits per heavy atom. The van der Waals surface area contributed by atoms with Crippen molar-refractivity contribution in [3.8, 4) is 0 Å². The van der Waals surface area contributed by atoms with Gasteiger partial charge in [-0.1, -0.05) is 12.8 Å². The van der Waals surface area contributed by atoms with Crippen LogP contribution in [0.25, 0.3) is 0 Å². The number of nitrogens with zero attached hydrogens (tertiary/aromatic N) is 2. The van der Waals surface area contributed by atoms with Crippen LogP contribution in [0.4, 0.5) is 0 Å². The third kappa shape index (κ3) is 2.28. The van der Waals surface area contributed by atoms with Gasteiger partial charge in [-0.15, -0.1) is 0 Å². The zero-order chi connectivity index (χ0) is 11.7. The van der Waals surface area contributed by atoms with E-state index in [1.807, 2.05) is 0 Å². The summed E-state index contributed by atoms with van der Waals surface area (Å²) in [5.74, 6) is 0. The molecule has 0 spiro atoms. The number of hydrogen-bond acceptors (Lipinski definition) is 2. The van der Waals surface area contributed by atoms with Crippen LogP contribution in [0.3, 0.4) is 0 Å². The molecule has 0 unspecified atom stereocenters. The molecule has 1 saturated carbocycles. The molecular formula is C14H28N2. The van der Waals surface area contributed by atoms with E-state index in [0.717, 1.165) is 24.2 Å². The highest BCUT2D eigenvalue weighted by Crippen LogP contribution is 2.32. The Bertz CT molecular complexity index is 201. The molecule has 0 radical (unpaired) electrons. The van der Waals surface area contributed by atoms with E-state index >= 15 is 0 Å². The van der Waals surface area contributed by atoms with Crippen molar-refractivity contribution in [1.29, 1.82) is 0 Å². The van der Waals surface area contributed by atoms with Crippen molar-refractivity contribution in [3.63, 3.8) is 0 Å². The van der Waals surface area contributed by atoms with Gasteiger partial charge in [0.1, 0.15) is 0 Å². The zero-order valence-corrected chi connectivity index (χ0v) is 11.4. The molecule has 1 aliphatic carbocycles. The highest BCUT2D eigenvalue weighted by Gasteiger charge is 2.39. The van der Waals surface area contributed by atoms with Gasteiger partial charge in [-0.3, -0.25) is 9.80 Å². The Morgan fingerprint density at radius 3 is 1.44 bits per heavy atom. The molecule has 2 fully saturated rings. The molecule has 2 nitrogen and oxygen atoms in total. The molecule has 0 N–H and O–H groups in total. The normalized spacial score (nSPS) is 33.4. The van der Waals surface area contributed by atoms with E-state index < -0.39 is 0 Å². The van der Waals surface area contributed by atoms with Crippen molar-refractivity contribution >= 4 is 0 Å². The topological polar surface area (TPSA) is 6.48 Å². The molecule has 1 heterocycles. The van der Waals surface area contributed by atoms with Gasteiger partial charge in [-0.25, -0.2) is 0 Å². The summed E-state index contributed by atoms with van der Waals surface area (Å²) in [5, 5.41) is 0. The van der Waals surface area contributed by atoms with E-state index in [4.69, 9.17) is 0 Å². The lowest BCUT2D eigenvalue weighted by Crippen LogP contribution is -2.63. The lowest BCUT2D eigenvalue weighted by Gasteiger charge is -2.52. The molecule has 94 valence electrons. The molecule has 2 rings (SSSR count). The summed E-state index contributed by atoms with van der Waals surface area (Å²) in [6.45, 7) is 12.0. The van der Waals surface area contributed by atoms with E-state index in [-0.39, 0.29) is 0 Å². The summed E-state index contributed by atoms with van der Waals surface area (Å²) in [5.41, 5.74) is 0. The van der Waals surface area contributed by atoms with Crippen LogP contribution in [0.2, 0.25) is 0 Å². The third-order valence-corrected chi connectivity index (χ3v) is 4.49. The lowest BCUT2D eigenvalue weighted by molar-refractivity contribution is -0.0335. The summed E-state index contributed by atoms with van der Waals surface area (Å²) in [4.78, 5) is 5.51. The summed E-state index contributed by atoms with van der Waals surface area (Å²) in [6.07, 6.45) is 5.73. The van der Waals surface area contributed by atoms with Crippen LogP contribution >= 0.6 is 0 Å². The van der Waals surface area contributed by atoms with Crippen LogP contribution in [-0.2, 0) is 0 Å². The van der Waals surface area contributed by atoms with Crippen LogP contribution in [-0.4, -0.2) is 47.1 Å². The number of fused-ring (bicyclic) bond motifs is 1. The maximum Gasteiger partial charge on any atom is 0.0254 e. The molecule has 1 aliphatic heterocycles. The minimum Gasteiger partial charge on any atom is -0.295 e. The average molecular weight is 224 g/mol. The largest absolute Gasteiger partial charge is 0.295 e. The van der Waals surface area contributed by atoms with Crippen molar-refractivity contribution in [2.24, 2.45) is 0 Å². The fraction of sp³-hybridized carbons (Fsp3) is 1.00. The van der Waals surface area contributed by atoms with Crippen LogP contribution in [0, 0.1) is 0 Å². The Hall–Kier alpha value is -0.0800. The number of rotatable bonds is 2. The van der Waals surface area contributed by atoms with Crippen molar-refractivity contribution in [2.45, 2.75) is 77.5 Å². The number of piperazine rings is 1. The minimum atomic E-state index is 0.722. The molecule has 2 aliphatic rings. The number of hydrogen-bond donors (Lipinski definition) is 0. The molecule has 1 saturated heterocycles. The summed E-state index contributed by atoms with van der Waals surface area (Å²) < 4.78 is 0. The fourth-order valence-electron chi connectivity index (χ4n) is 3.71. The predicted molar refractivity (Wildman–Crippen MR) is 69.7 cm³/mol. The summed E-state index contributed by atoms with van der Waals surface area (Å²) >= 11 is 0. The van der Waals surface area contributed by atoms with Crippen LogP contribution in [0.1, 0.15) is 53.4 Å². The molecule has 0 aromatic carbocycles. The molecule has 16 heavy (non-hydrogen) atoms. The first-order chi connectivity index (χ1) is 7.61. The molecule has 0 aromatic rings. The van der Waals surface area contributed by atoms with Crippen LogP contribution in [0.15, 0.2) is 0 Å². The Morgan fingerprint density at radius 1 is 0.750 bits per heavy atom. The highest BCUT2D eigenvalue weighted by molar-refractivity contribution is 4.96. The first-order valence-electron chi connectivity index (χ1n) is 7.12. The Balaban J connectivity index is 2.11. The van der Waals surface area contributed by atoms with Gasteiger partial charge < -0.3 is 0 Å². The summed E-state index contributed by atoms with van der Waals surface area (Å²) in [7, 11) is 0. The van der Waals surface area contributed by atoms with Gasteiger partial charge in [0, 0.05) is 37.3 Å². The van der Waals surface area contributed by atoms with Gasteiger partial charge >= 0.3 is 0 Å². The van der Waals surface area contributed by atoms with E-state index in [9.17, 15) is 0 Å². The molecular weight excluding hydrogens is 196 g/mol. The SMILES string of the molecule is CC(C)N1CCN(C(C)C)[C@@H]2CCCC[C@H]21. The third-order valence-electron chi connectivity index (χ3n) is 4.49. The second-order valence-electron chi connectivity index (χ2n) is 6.08. The van der Waals surface area contributed by atoms with Gasteiger partial charge in [0.15, 0.2) is 0 Å². The van der Waals surface area contributed by atoms with Crippen molar-refractivity contribution in [2.75, 3.05) is 13.1 Å². The standard InChI is InChI=1S/C14H28N2/c1-11(2)15-9-10-16(12(3)4)14-8-6-5-7-13(14)15/h11-14H,5-10H2,1-4H3/t13-,14-/m1/s1. The first-order valence-corrected chi connectivity index (χ1v) is 7.12. The smallest absolute Gasteiger partial charge is 0.0254 e. The maximum atomic E-state index is 2.75. The molecule has 2 heteroatoms. The van der Waals surface area contributed by atoms with E-state index in [1.165, 1.54) is 38.8 Å². The van der Waals surface area contributed by atoms with Crippen molar-refractivity contribution in [1.82, 2.24) is 9.80 Å². The van der Waals surface area contributed by atoms with Gasteiger partial charge in [0.25, 0.3) is 0 Å². The summed E-state index contributed by atoms with van der Waals surface area (Å²) in [6, 6.07) is 3.12. The first kappa shape index (κ1) is 12.4. The molecule has 2 atom stereocenters. The second kappa shape index (κ2) is 5.05. The van der Waals surface area contributed by atoms with Crippen molar-refractivity contribution < 1.29 is 0 Å². The van der Waals surface area contributed by atoms with Crippen LogP contribution in [0.5, 0.6) is 0 Å². The molecule has 0 bridgehead atoms. The van der Waals surface area contributed by atoms with Crippen molar-refractivity contribution in [3.05, 3.63) is 0 Å². The lowest BCUT2D eigenvalue weighted by atomic mass is 9.85.